The van der Waals surface area contributed by atoms with Crippen LogP contribution in [-0.2, 0) is 14.9 Å². The standard InChI is InChI=1S/C22H28N2O3/c1-16-7-6-8-18(15-16)22(11-4-5-12-22)21(25)24-19-9-10-20(23-17(19)2)27-14-13-26-3/h6-10,15H,4-5,11-14H2,1-3H3,(H,24,25). The van der Waals surface area contributed by atoms with Gasteiger partial charge in [-0.2, -0.15) is 0 Å². The highest BCUT2D eigenvalue weighted by atomic mass is 16.5. The van der Waals surface area contributed by atoms with E-state index < -0.39 is 5.41 Å². The highest BCUT2D eigenvalue weighted by Crippen LogP contribution is 2.42. The minimum absolute atomic E-state index is 0.0588. The zero-order chi connectivity index (χ0) is 19.3. The van der Waals surface area contributed by atoms with Crippen LogP contribution in [0.4, 0.5) is 5.69 Å². The molecular weight excluding hydrogens is 340 g/mol. The molecule has 0 atom stereocenters. The zero-order valence-electron chi connectivity index (χ0n) is 16.4. The van der Waals surface area contributed by atoms with Crippen molar-refractivity contribution in [1.29, 1.82) is 0 Å². The molecule has 27 heavy (non-hydrogen) atoms. The SMILES string of the molecule is COCCOc1ccc(NC(=O)C2(c3cccc(C)c3)CCCC2)c(C)n1. The number of carbonyl (C=O) groups is 1. The van der Waals surface area contributed by atoms with Gasteiger partial charge in [-0.1, -0.05) is 42.7 Å². The number of anilines is 1. The maximum atomic E-state index is 13.3. The third-order valence-corrected chi connectivity index (χ3v) is 5.31. The van der Waals surface area contributed by atoms with Gasteiger partial charge in [-0.3, -0.25) is 4.79 Å². The fourth-order valence-corrected chi connectivity index (χ4v) is 3.79. The average Bonchev–Trinajstić information content (AvgIpc) is 3.15. The summed E-state index contributed by atoms with van der Waals surface area (Å²) in [6.07, 6.45) is 3.91. The van der Waals surface area contributed by atoms with Gasteiger partial charge in [0.15, 0.2) is 0 Å². The zero-order valence-corrected chi connectivity index (χ0v) is 16.4. The fourth-order valence-electron chi connectivity index (χ4n) is 3.79. The first-order valence-corrected chi connectivity index (χ1v) is 9.53. The van der Waals surface area contributed by atoms with Crippen molar-refractivity contribution in [3.63, 3.8) is 0 Å². The minimum atomic E-state index is -0.452. The molecule has 0 spiro atoms. The van der Waals surface area contributed by atoms with Crippen molar-refractivity contribution in [2.45, 2.75) is 44.9 Å². The number of methoxy groups -OCH3 is 1. The van der Waals surface area contributed by atoms with Crippen LogP contribution in [0.3, 0.4) is 0 Å². The molecule has 1 saturated carbocycles. The molecule has 0 bridgehead atoms. The number of hydrogen-bond donors (Lipinski definition) is 1. The number of amides is 1. The fraction of sp³-hybridized carbons (Fsp3) is 0.455. The lowest BCUT2D eigenvalue weighted by molar-refractivity contribution is -0.121. The van der Waals surface area contributed by atoms with Crippen LogP contribution in [0.5, 0.6) is 5.88 Å². The number of nitrogens with zero attached hydrogens (tertiary/aromatic N) is 1. The molecule has 1 N–H and O–H groups in total. The first-order chi connectivity index (χ1) is 13.0. The molecule has 1 heterocycles. The van der Waals surface area contributed by atoms with Crippen molar-refractivity contribution < 1.29 is 14.3 Å². The van der Waals surface area contributed by atoms with Crippen molar-refractivity contribution >= 4 is 11.6 Å². The summed E-state index contributed by atoms with van der Waals surface area (Å²) in [7, 11) is 1.63. The second-order valence-electron chi connectivity index (χ2n) is 7.24. The van der Waals surface area contributed by atoms with Gasteiger partial charge in [-0.15, -0.1) is 0 Å². The van der Waals surface area contributed by atoms with Gasteiger partial charge in [0, 0.05) is 13.2 Å². The summed E-state index contributed by atoms with van der Waals surface area (Å²) in [6, 6.07) is 12.0. The Hall–Kier alpha value is -2.40. The number of carbonyl (C=O) groups excluding carboxylic acids is 1. The number of benzene rings is 1. The molecular formula is C22H28N2O3. The van der Waals surface area contributed by atoms with Gasteiger partial charge < -0.3 is 14.8 Å². The van der Waals surface area contributed by atoms with Crippen LogP contribution in [0.2, 0.25) is 0 Å². The molecule has 1 aromatic carbocycles. The molecule has 0 radical (unpaired) electrons. The predicted octanol–water partition coefficient (Wildman–Crippen LogP) is 4.17. The molecule has 0 unspecified atom stereocenters. The lowest BCUT2D eigenvalue weighted by atomic mass is 9.77. The van der Waals surface area contributed by atoms with Crippen molar-refractivity contribution in [3.8, 4) is 5.88 Å². The molecule has 3 rings (SSSR count). The molecule has 2 aromatic rings. The highest BCUT2D eigenvalue weighted by molar-refractivity contribution is 5.99. The molecule has 0 saturated heterocycles. The first-order valence-electron chi connectivity index (χ1n) is 9.53. The van der Waals surface area contributed by atoms with E-state index in [1.807, 2.05) is 19.1 Å². The van der Waals surface area contributed by atoms with Gasteiger partial charge in [0.1, 0.15) is 6.61 Å². The summed E-state index contributed by atoms with van der Waals surface area (Å²) in [5, 5.41) is 3.12. The smallest absolute Gasteiger partial charge is 0.235 e. The van der Waals surface area contributed by atoms with Gasteiger partial charge in [-0.25, -0.2) is 4.98 Å². The van der Waals surface area contributed by atoms with Crippen LogP contribution >= 0.6 is 0 Å². The van der Waals surface area contributed by atoms with E-state index in [-0.39, 0.29) is 5.91 Å². The van der Waals surface area contributed by atoms with Crippen LogP contribution in [0.15, 0.2) is 36.4 Å². The normalized spacial score (nSPS) is 15.5. The van der Waals surface area contributed by atoms with Gasteiger partial charge in [0.05, 0.1) is 23.4 Å². The summed E-state index contributed by atoms with van der Waals surface area (Å²) in [4.78, 5) is 17.8. The Kier molecular flexibility index (Phi) is 6.11. The largest absolute Gasteiger partial charge is 0.475 e. The quantitative estimate of drug-likeness (QED) is 0.745. The van der Waals surface area contributed by atoms with E-state index in [1.165, 1.54) is 5.56 Å². The number of hydrogen-bond acceptors (Lipinski definition) is 4. The molecule has 1 amide bonds. The number of pyridine rings is 1. The van der Waals surface area contributed by atoms with Crippen LogP contribution in [0.25, 0.3) is 0 Å². The Morgan fingerprint density at radius 2 is 1.93 bits per heavy atom. The topological polar surface area (TPSA) is 60.5 Å². The Balaban J connectivity index is 1.78. The monoisotopic (exact) mass is 368 g/mol. The number of nitrogens with one attached hydrogen (secondary N) is 1. The van der Waals surface area contributed by atoms with E-state index >= 15 is 0 Å². The third kappa shape index (κ3) is 4.30. The number of aromatic nitrogens is 1. The number of aryl methyl sites for hydroxylation is 2. The van der Waals surface area contributed by atoms with Crippen molar-refractivity contribution in [3.05, 3.63) is 53.2 Å². The second-order valence-corrected chi connectivity index (χ2v) is 7.24. The maximum Gasteiger partial charge on any atom is 0.235 e. The van der Waals surface area contributed by atoms with Gasteiger partial charge >= 0.3 is 0 Å². The molecule has 5 heteroatoms. The van der Waals surface area contributed by atoms with E-state index in [1.54, 1.807) is 13.2 Å². The minimum Gasteiger partial charge on any atom is -0.475 e. The van der Waals surface area contributed by atoms with Crippen LogP contribution in [0.1, 0.15) is 42.5 Å². The first kappa shape index (κ1) is 19.4. The second kappa shape index (κ2) is 8.53. The molecule has 5 nitrogen and oxygen atoms in total. The van der Waals surface area contributed by atoms with E-state index in [0.717, 1.165) is 42.6 Å². The molecule has 1 aliphatic rings. The molecule has 144 valence electrons. The Labute approximate surface area is 161 Å². The highest BCUT2D eigenvalue weighted by Gasteiger charge is 2.42. The van der Waals surface area contributed by atoms with Crippen LogP contribution in [0, 0.1) is 13.8 Å². The number of ether oxygens (including phenoxy) is 2. The molecule has 1 aliphatic carbocycles. The summed E-state index contributed by atoms with van der Waals surface area (Å²) in [5.41, 5.74) is 3.32. The molecule has 1 aromatic heterocycles. The molecule has 1 fully saturated rings. The van der Waals surface area contributed by atoms with Crippen molar-refractivity contribution in [2.24, 2.45) is 0 Å². The van der Waals surface area contributed by atoms with E-state index in [9.17, 15) is 4.79 Å². The number of rotatable bonds is 7. The lowest BCUT2D eigenvalue weighted by Crippen LogP contribution is -2.38. The summed E-state index contributed by atoms with van der Waals surface area (Å²) in [5.74, 6) is 0.598. The van der Waals surface area contributed by atoms with Gasteiger partial charge in [-0.05, 0) is 38.3 Å². The maximum absolute atomic E-state index is 13.3. The Morgan fingerprint density at radius 1 is 1.15 bits per heavy atom. The van der Waals surface area contributed by atoms with Crippen molar-refractivity contribution in [2.75, 3.05) is 25.6 Å². The van der Waals surface area contributed by atoms with Crippen molar-refractivity contribution in [1.82, 2.24) is 4.98 Å². The summed E-state index contributed by atoms with van der Waals surface area (Å²) in [6.45, 7) is 4.91. The van der Waals surface area contributed by atoms with E-state index in [4.69, 9.17) is 9.47 Å². The Bertz CT molecular complexity index is 798. The molecule has 0 aliphatic heterocycles. The lowest BCUT2D eigenvalue weighted by Gasteiger charge is -2.29. The third-order valence-electron chi connectivity index (χ3n) is 5.31. The predicted molar refractivity (Wildman–Crippen MR) is 106 cm³/mol. The van der Waals surface area contributed by atoms with Gasteiger partial charge in [0.2, 0.25) is 11.8 Å². The van der Waals surface area contributed by atoms with E-state index in [2.05, 4.69) is 35.4 Å². The average molecular weight is 368 g/mol. The van der Waals surface area contributed by atoms with Gasteiger partial charge in [0.25, 0.3) is 0 Å². The van der Waals surface area contributed by atoms with E-state index in [0.29, 0.717) is 19.1 Å². The van der Waals surface area contributed by atoms with Crippen LogP contribution < -0.4 is 10.1 Å². The van der Waals surface area contributed by atoms with Crippen LogP contribution in [-0.4, -0.2) is 31.2 Å². The summed E-state index contributed by atoms with van der Waals surface area (Å²) >= 11 is 0. The summed E-state index contributed by atoms with van der Waals surface area (Å²) < 4.78 is 10.5. The Morgan fingerprint density at radius 3 is 2.59 bits per heavy atom.